The first-order valence-electron chi connectivity index (χ1n) is 8.11. The Morgan fingerprint density at radius 1 is 1.30 bits per heavy atom. The summed E-state index contributed by atoms with van der Waals surface area (Å²) in [6.07, 6.45) is 3.54. The zero-order valence-electron chi connectivity index (χ0n) is 13.7. The molecule has 0 radical (unpaired) electrons. The maximum atomic E-state index is 12.1. The number of para-hydroxylation sites is 2. The summed E-state index contributed by atoms with van der Waals surface area (Å²) in [5, 5.41) is 4.29. The number of nitrogens with one attached hydrogen (secondary N) is 1. The van der Waals surface area contributed by atoms with Crippen LogP contribution in [0.1, 0.15) is 26.7 Å². The predicted molar refractivity (Wildman–Crippen MR) is 91.3 cm³/mol. The number of carbonyl (C=O) groups is 1. The Balaban J connectivity index is 1.55. The molecule has 0 bridgehead atoms. The zero-order valence-corrected chi connectivity index (χ0v) is 13.7. The third-order valence-electron chi connectivity index (χ3n) is 4.29. The molecule has 1 aliphatic rings. The number of likely N-dealkylation sites (tertiary alicyclic amines) is 1. The minimum atomic E-state index is -0.119. The minimum absolute atomic E-state index is 0.119. The highest BCUT2D eigenvalue weighted by molar-refractivity contribution is 5.87. The predicted octanol–water partition coefficient (Wildman–Crippen LogP) is 2.01. The number of rotatable bonds is 4. The number of amides is 1. The minimum Gasteiger partial charge on any atom is -0.321 e. The van der Waals surface area contributed by atoms with Crippen LogP contribution in [0.3, 0.4) is 0 Å². The monoisotopic (exact) mass is 313 g/mol. The second-order valence-corrected chi connectivity index (χ2v) is 6.20. The number of hydrogen-bond donors (Lipinski definition) is 1. The summed E-state index contributed by atoms with van der Waals surface area (Å²) >= 11 is 0. The number of fused-ring (bicyclic) bond motifs is 1. The van der Waals surface area contributed by atoms with Gasteiger partial charge in [-0.15, -0.1) is 0 Å². The molecule has 1 N–H and O–H groups in total. The van der Waals surface area contributed by atoms with Crippen molar-refractivity contribution in [1.82, 2.24) is 19.9 Å². The molecule has 1 amide bonds. The van der Waals surface area contributed by atoms with Crippen molar-refractivity contribution < 1.29 is 4.79 Å². The normalized spacial score (nSPS) is 16.0. The summed E-state index contributed by atoms with van der Waals surface area (Å²) in [6, 6.07) is 8.35. The zero-order chi connectivity index (χ0) is 16.2. The third kappa shape index (κ3) is 3.76. The lowest BCUT2D eigenvalue weighted by Crippen LogP contribution is -2.39. The van der Waals surface area contributed by atoms with Gasteiger partial charge in [0, 0.05) is 37.7 Å². The van der Waals surface area contributed by atoms with Gasteiger partial charge in [0.1, 0.15) is 6.54 Å². The molecular formula is C17H23N5O. The maximum Gasteiger partial charge on any atom is 0.260 e. The van der Waals surface area contributed by atoms with E-state index in [0.717, 1.165) is 42.7 Å². The molecule has 2 aromatic rings. The highest BCUT2D eigenvalue weighted by atomic mass is 16.2. The molecule has 0 spiro atoms. The van der Waals surface area contributed by atoms with E-state index in [1.54, 1.807) is 6.33 Å². The average molecular weight is 313 g/mol. The Labute approximate surface area is 136 Å². The highest BCUT2D eigenvalue weighted by Gasteiger charge is 2.17. The first-order valence-corrected chi connectivity index (χ1v) is 8.11. The van der Waals surface area contributed by atoms with E-state index >= 15 is 0 Å². The molecule has 1 aromatic heterocycles. The Morgan fingerprint density at radius 2 is 2.04 bits per heavy atom. The van der Waals surface area contributed by atoms with E-state index in [0.29, 0.717) is 6.04 Å². The number of aromatic nitrogens is 2. The van der Waals surface area contributed by atoms with Crippen molar-refractivity contribution in [2.45, 2.75) is 39.3 Å². The molecule has 0 aliphatic carbocycles. The Bertz CT molecular complexity index is 709. The molecule has 23 heavy (non-hydrogen) atoms. The molecule has 3 rings (SSSR count). The van der Waals surface area contributed by atoms with Crippen LogP contribution >= 0.6 is 0 Å². The molecular weight excluding hydrogens is 290 g/mol. The molecule has 122 valence electrons. The van der Waals surface area contributed by atoms with Gasteiger partial charge in [0.25, 0.3) is 5.91 Å². The van der Waals surface area contributed by atoms with Crippen LogP contribution in [-0.4, -0.2) is 45.2 Å². The van der Waals surface area contributed by atoms with Crippen LogP contribution in [0, 0.1) is 0 Å². The molecule has 0 saturated carbocycles. The van der Waals surface area contributed by atoms with Crippen LogP contribution in [0.25, 0.3) is 11.0 Å². The van der Waals surface area contributed by atoms with Crippen LogP contribution in [-0.2, 0) is 11.3 Å². The van der Waals surface area contributed by atoms with Gasteiger partial charge in [0.05, 0.1) is 17.4 Å². The van der Waals surface area contributed by atoms with Gasteiger partial charge >= 0.3 is 0 Å². The van der Waals surface area contributed by atoms with E-state index in [1.807, 2.05) is 28.8 Å². The first-order chi connectivity index (χ1) is 11.1. The average Bonchev–Trinajstić information content (AvgIpc) is 2.96. The molecule has 1 aliphatic heterocycles. The lowest BCUT2D eigenvalue weighted by atomic mass is 10.1. The molecule has 6 nitrogen and oxygen atoms in total. The lowest BCUT2D eigenvalue weighted by molar-refractivity contribution is -0.121. The van der Waals surface area contributed by atoms with Crippen LogP contribution in [0.15, 0.2) is 35.7 Å². The summed E-state index contributed by atoms with van der Waals surface area (Å²) < 4.78 is 1.84. The van der Waals surface area contributed by atoms with E-state index in [4.69, 9.17) is 0 Å². The molecule has 0 unspecified atom stereocenters. The fraction of sp³-hybridized carbons (Fsp3) is 0.471. The number of hydrazone groups is 1. The number of benzene rings is 1. The number of imidazole rings is 1. The number of carbonyl (C=O) groups excluding carboxylic acids is 1. The van der Waals surface area contributed by atoms with Crippen molar-refractivity contribution in [2.24, 2.45) is 5.10 Å². The van der Waals surface area contributed by atoms with Crippen LogP contribution in [0.4, 0.5) is 0 Å². The Kier molecular flexibility index (Phi) is 4.71. The van der Waals surface area contributed by atoms with Gasteiger partial charge in [-0.2, -0.15) is 5.10 Å². The lowest BCUT2D eigenvalue weighted by Gasteiger charge is -2.30. The topological polar surface area (TPSA) is 62.5 Å². The third-order valence-corrected chi connectivity index (χ3v) is 4.29. The van der Waals surface area contributed by atoms with Crippen molar-refractivity contribution in [3.63, 3.8) is 0 Å². The molecule has 2 heterocycles. The quantitative estimate of drug-likeness (QED) is 0.878. The van der Waals surface area contributed by atoms with Crippen LogP contribution in [0.2, 0.25) is 0 Å². The molecule has 1 fully saturated rings. The highest BCUT2D eigenvalue weighted by Crippen LogP contribution is 2.12. The van der Waals surface area contributed by atoms with E-state index in [2.05, 4.69) is 34.3 Å². The van der Waals surface area contributed by atoms with E-state index in [-0.39, 0.29) is 12.5 Å². The van der Waals surface area contributed by atoms with Crippen molar-refractivity contribution in [1.29, 1.82) is 0 Å². The first kappa shape index (κ1) is 15.7. The summed E-state index contributed by atoms with van der Waals surface area (Å²) in [7, 11) is 0. The number of nitrogens with zero attached hydrogens (tertiary/aromatic N) is 4. The maximum absolute atomic E-state index is 12.1. The summed E-state index contributed by atoms with van der Waals surface area (Å²) in [5.41, 5.74) is 5.61. The standard InChI is InChI=1S/C17H23N5O/c1-13(2)21-9-7-14(8-10-21)19-20-17(23)11-22-12-18-15-5-3-4-6-16(15)22/h3-6,12-13H,7-11H2,1-2H3,(H,20,23). The van der Waals surface area contributed by atoms with Gasteiger partial charge in [-0.25, -0.2) is 10.4 Å². The van der Waals surface area contributed by atoms with Crippen LogP contribution in [0.5, 0.6) is 0 Å². The molecule has 0 atom stereocenters. The fourth-order valence-electron chi connectivity index (χ4n) is 2.88. The van der Waals surface area contributed by atoms with Gasteiger partial charge in [-0.05, 0) is 26.0 Å². The smallest absolute Gasteiger partial charge is 0.260 e. The van der Waals surface area contributed by atoms with Crippen LogP contribution < -0.4 is 5.43 Å². The van der Waals surface area contributed by atoms with Gasteiger partial charge in [-0.1, -0.05) is 12.1 Å². The SMILES string of the molecule is CC(C)N1CCC(=NNC(=O)Cn2cnc3ccccc32)CC1. The van der Waals surface area contributed by atoms with E-state index in [1.165, 1.54) is 0 Å². The van der Waals surface area contributed by atoms with Crippen molar-refractivity contribution >= 4 is 22.7 Å². The van der Waals surface area contributed by atoms with Gasteiger partial charge in [0.15, 0.2) is 0 Å². The fourth-order valence-corrected chi connectivity index (χ4v) is 2.88. The number of piperidine rings is 1. The Hall–Kier alpha value is -2.21. The van der Waals surface area contributed by atoms with E-state index in [9.17, 15) is 4.79 Å². The van der Waals surface area contributed by atoms with Gasteiger partial charge in [-0.3, -0.25) is 4.79 Å². The number of hydrogen-bond acceptors (Lipinski definition) is 4. The van der Waals surface area contributed by atoms with Gasteiger partial charge < -0.3 is 9.47 Å². The second kappa shape index (κ2) is 6.91. The van der Waals surface area contributed by atoms with Crippen molar-refractivity contribution in [3.05, 3.63) is 30.6 Å². The molecule has 1 saturated heterocycles. The summed E-state index contributed by atoms with van der Waals surface area (Å²) in [5.74, 6) is -0.119. The van der Waals surface area contributed by atoms with E-state index < -0.39 is 0 Å². The van der Waals surface area contributed by atoms with Crippen molar-refractivity contribution in [3.8, 4) is 0 Å². The van der Waals surface area contributed by atoms with Crippen molar-refractivity contribution in [2.75, 3.05) is 13.1 Å². The summed E-state index contributed by atoms with van der Waals surface area (Å²) in [6.45, 7) is 6.67. The van der Waals surface area contributed by atoms with Gasteiger partial charge in [0.2, 0.25) is 0 Å². The Morgan fingerprint density at radius 3 is 2.78 bits per heavy atom. The molecule has 1 aromatic carbocycles. The largest absolute Gasteiger partial charge is 0.321 e. The second-order valence-electron chi connectivity index (χ2n) is 6.20. The molecule has 6 heteroatoms. The summed E-state index contributed by atoms with van der Waals surface area (Å²) in [4.78, 5) is 18.8.